The fraction of sp³-hybridized carbons (Fsp3) is 0.172. The molecule has 8 heteroatoms. The molecule has 1 aliphatic rings. The van der Waals surface area contributed by atoms with Gasteiger partial charge in [-0.25, -0.2) is 8.42 Å². The van der Waals surface area contributed by atoms with E-state index in [1.165, 1.54) is 4.31 Å². The highest BCUT2D eigenvalue weighted by molar-refractivity contribution is 7.89. The minimum Gasteiger partial charge on any atom is -0.490 e. The molecule has 4 aromatic rings. The van der Waals surface area contributed by atoms with Crippen LogP contribution in [0.1, 0.15) is 29.8 Å². The Bertz CT molecular complexity index is 1500. The summed E-state index contributed by atoms with van der Waals surface area (Å²) < 4.78 is 41.0. The Morgan fingerprint density at radius 1 is 0.838 bits per heavy atom. The minimum absolute atomic E-state index is 0.214. The van der Waals surface area contributed by atoms with E-state index in [-0.39, 0.29) is 11.4 Å². The van der Waals surface area contributed by atoms with Crippen LogP contribution in [0.4, 0.5) is 5.69 Å². The summed E-state index contributed by atoms with van der Waals surface area (Å²) in [6.07, 6.45) is -0.638. The summed E-state index contributed by atoms with van der Waals surface area (Å²) in [6.45, 7) is 2.87. The molecule has 0 bridgehead atoms. The minimum atomic E-state index is -3.78. The molecule has 37 heavy (non-hydrogen) atoms. The monoisotopic (exact) mass is 534 g/mol. The van der Waals surface area contributed by atoms with E-state index >= 15 is 0 Å². The third-order valence-electron chi connectivity index (χ3n) is 6.10. The van der Waals surface area contributed by atoms with E-state index in [1.807, 2.05) is 85.8 Å². The van der Waals surface area contributed by atoms with Crippen molar-refractivity contribution in [2.45, 2.75) is 31.1 Å². The number of rotatable bonds is 8. The summed E-state index contributed by atoms with van der Waals surface area (Å²) in [4.78, 5) is 0.258. The lowest BCUT2D eigenvalue weighted by Gasteiger charge is -2.37. The Hall–Kier alpha value is -3.52. The quantitative estimate of drug-likeness (QED) is 0.275. The van der Waals surface area contributed by atoms with Crippen molar-refractivity contribution in [1.29, 1.82) is 0 Å². The van der Waals surface area contributed by atoms with Crippen LogP contribution in [0.5, 0.6) is 11.5 Å². The standard InChI is InChI=1S/C29H27ClN2O4S/c1-2-35-27-18-23(15-16-26(27)36-20-22-11-8-12-24(30)17-22)29-31-25-13-6-7-14-28(25)37(33,34)32(29)19-21-9-4-3-5-10-21/h3-18,29,31H,2,19-20H2,1H3/t29-/m1/s1. The normalized spacial score (nSPS) is 16.4. The number of fused-ring (bicyclic) bond motifs is 1. The molecule has 1 heterocycles. The van der Waals surface area contributed by atoms with Crippen LogP contribution in [0.15, 0.2) is 102 Å². The molecule has 0 aliphatic carbocycles. The number of nitrogens with one attached hydrogen (secondary N) is 1. The molecular formula is C29H27ClN2O4S. The van der Waals surface area contributed by atoms with Crippen LogP contribution in [-0.4, -0.2) is 19.3 Å². The van der Waals surface area contributed by atoms with Gasteiger partial charge in [-0.1, -0.05) is 72.3 Å². The van der Waals surface area contributed by atoms with Gasteiger partial charge in [-0.2, -0.15) is 4.31 Å². The number of halogens is 1. The summed E-state index contributed by atoms with van der Waals surface area (Å²) in [5, 5.41) is 4.07. The van der Waals surface area contributed by atoms with Crippen molar-refractivity contribution < 1.29 is 17.9 Å². The summed E-state index contributed by atoms with van der Waals surface area (Å²) >= 11 is 6.10. The molecule has 6 nitrogen and oxygen atoms in total. The molecule has 0 saturated heterocycles. The Morgan fingerprint density at radius 2 is 1.59 bits per heavy atom. The molecule has 0 aromatic heterocycles. The maximum absolute atomic E-state index is 13.8. The van der Waals surface area contributed by atoms with E-state index in [2.05, 4.69) is 5.32 Å². The molecule has 0 saturated carbocycles. The van der Waals surface area contributed by atoms with Gasteiger partial charge in [-0.05, 0) is 60.0 Å². The number of anilines is 1. The largest absolute Gasteiger partial charge is 0.490 e. The van der Waals surface area contributed by atoms with Crippen LogP contribution in [0.2, 0.25) is 5.02 Å². The zero-order chi connectivity index (χ0) is 25.8. The Labute approximate surface area is 222 Å². The van der Waals surface area contributed by atoms with Crippen LogP contribution >= 0.6 is 11.6 Å². The summed E-state index contributed by atoms with van der Waals surface area (Å²) in [6, 6.07) is 29.6. The van der Waals surface area contributed by atoms with Gasteiger partial charge in [0.05, 0.1) is 12.3 Å². The van der Waals surface area contributed by atoms with Crippen LogP contribution in [-0.2, 0) is 23.2 Å². The molecule has 0 unspecified atom stereocenters. The first-order chi connectivity index (χ1) is 18.0. The second-order valence-corrected chi connectivity index (χ2v) is 10.9. The van der Waals surface area contributed by atoms with Gasteiger partial charge < -0.3 is 14.8 Å². The predicted octanol–water partition coefficient (Wildman–Crippen LogP) is 6.63. The van der Waals surface area contributed by atoms with Crippen LogP contribution in [0, 0.1) is 0 Å². The van der Waals surface area contributed by atoms with Crippen molar-refractivity contribution in [3.05, 3.63) is 119 Å². The lowest BCUT2D eigenvalue weighted by Crippen LogP contribution is -2.42. The topological polar surface area (TPSA) is 67.9 Å². The zero-order valence-electron chi connectivity index (χ0n) is 20.3. The number of hydrogen-bond donors (Lipinski definition) is 1. The molecule has 4 aromatic carbocycles. The van der Waals surface area contributed by atoms with Gasteiger partial charge >= 0.3 is 0 Å². The lowest BCUT2D eigenvalue weighted by molar-refractivity contribution is 0.268. The van der Waals surface area contributed by atoms with Gasteiger partial charge in [0, 0.05) is 11.6 Å². The molecule has 1 aliphatic heterocycles. The average Bonchev–Trinajstić information content (AvgIpc) is 2.90. The summed E-state index contributed by atoms with van der Waals surface area (Å²) in [7, 11) is -3.78. The van der Waals surface area contributed by atoms with E-state index in [9.17, 15) is 8.42 Å². The first-order valence-electron chi connectivity index (χ1n) is 12.0. The number of ether oxygens (including phenoxy) is 2. The lowest BCUT2D eigenvalue weighted by atomic mass is 10.1. The highest BCUT2D eigenvalue weighted by atomic mass is 35.5. The smallest absolute Gasteiger partial charge is 0.247 e. The van der Waals surface area contributed by atoms with E-state index in [1.54, 1.807) is 18.2 Å². The van der Waals surface area contributed by atoms with Gasteiger partial charge in [0.25, 0.3) is 0 Å². The van der Waals surface area contributed by atoms with Crippen molar-refractivity contribution >= 4 is 27.3 Å². The van der Waals surface area contributed by atoms with Crippen LogP contribution < -0.4 is 14.8 Å². The third kappa shape index (κ3) is 5.44. The molecule has 1 N–H and O–H groups in total. The van der Waals surface area contributed by atoms with Crippen LogP contribution in [0.25, 0.3) is 0 Å². The molecule has 190 valence electrons. The van der Waals surface area contributed by atoms with E-state index in [4.69, 9.17) is 21.1 Å². The highest BCUT2D eigenvalue weighted by Crippen LogP contribution is 2.41. The third-order valence-corrected chi connectivity index (χ3v) is 8.21. The predicted molar refractivity (Wildman–Crippen MR) is 145 cm³/mol. The van der Waals surface area contributed by atoms with Gasteiger partial charge in [0.2, 0.25) is 10.0 Å². The average molecular weight is 535 g/mol. The van der Waals surface area contributed by atoms with Crippen molar-refractivity contribution in [3.8, 4) is 11.5 Å². The van der Waals surface area contributed by atoms with Crippen molar-refractivity contribution in [1.82, 2.24) is 4.31 Å². The maximum Gasteiger partial charge on any atom is 0.247 e. The Kier molecular flexibility index (Phi) is 7.37. The van der Waals surface area contributed by atoms with Gasteiger partial charge in [0.15, 0.2) is 11.5 Å². The second-order valence-electron chi connectivity index (χ2n) is 8.64. The van der Waals surface area contributed by atoms with E-state index in [0.29, 0.717) is 35.4 Å². The molecule has 0 amide bonds. The highest BCUT2D eigenvalue weighted by Gasteiger charge is 2.39. The first-order valence-corrected chi connectivity index (χ1v) is 13.8. The Morgan fingerprint density at radius 3 is 2.38 bits per heavy atom. The maximum atomic E-state index is 13.8. The molecular weight excluding hydrogens is 508 g/mol. The van der Waals surface area contributed by atoms with Crippen molar-refractivity contribution in [2.75, 3.05) is 11.9 Å². The molecule has 1 atom stereocenters. The van der Waals surface area contributed by atoms with Crippen molar-refractivity contribution in [3.63, 3.8) is 0 Å². The molecule has 0 radical (unpaired) electrons. The number of sulfonamides is 1. The van der Waals surface area contributed by atoms with Crippen molar-refractivity contribution in [2.24, 2.45) is 0 Å². The number of para-hydroxylation sites is 1. The fourth-order valence-electron chi connectivity index (χ4n) is 4.35. The van der Waals surface area contributed by atoms with Gasteiger partial charge in [-0.3, -0.25) is 0 Å². The Balaban J connectivity index is 1.51. The van der Waals surface area contributed by atoms with E-state index < -0.39 is 16.2 Å². The second kappa shape index (κ2) is 10.8. The first kappa shape index (κ1) is 25.1. The SMILES string of the molecule is CCOc1cc([C@@H]2Nc3ccccc3S(=O)(=O)N2Cc2ccccc2)ccc1OCc1cccc(Cl)c1. The van der Waals surface area contributed by atoms with E-state index in [0.717, 1.165) is 16.7 Å². The number of benzene rings is 4. The van der Waals surface area contributed by atoms with Gasteiger partial charge in [-0.15, -0.1) is 0 Å². The fourth-order valence-corrected chi connectivity index (χ4v) is 6.25. The molecule has 0 fully saturated rings. The molecule has 0 spiro atoms. The number of hydrogen-bond acceptors (Lipinski definition) is 5. The van der Waals surface area contributed by atoms with Gasteiger partial charge in [0.1, 0.15) is 17.7 Å². The number of nitrogens with zero attached hydrogens (tertiary/aromatic N) is 1. The summed E-state index contributed by atoms with van der Waals surface area (Å²) in [5.41, 5.74) is 3.14. The van der Waals surface area contributed by atoms with Crippen LogP contribution in [0.3, 0.4) is 0 Å². The molecule has 5 rings (SSSR count). The summed E-state index contributed by atoms with van der Waals surface area (Å²) in [5.74, 6) is 1.11. The zero-order valence-corrected chi connectivity index (χ0v) is 21.9.